The first kappa shape index (κ1) is 19.5. The molecule has 0 radical (unpaired) electrons. The molecule has 1 heterocycles. The van der Waals surface area contributed by atoms with Gasteiger partial charge in [-0.1, -0.05) is 19.1 Å². The molecule has 0 unspecified atom stereocenters. The van der Waals surface area contributed by atoms with Crippen LogP contribution in [-0.4, -0.2) is 31.8 Å². The Kier molecular flexibility index (Phi) is 5.92. The van der Waals surface area contributed by atoms with E-state index >= 15 is 0 Å². The molecule has 0 aliphatic carbocycles. The van der Waals surface area contributed by atoms with Crippen molar-refractivity contribution in [3.63, 3.8) is 0 Å². The van der Waals surface area contributed by atoms with Gasteiger partial charge < -0.3 is 4.74 Å². The third-order valence-electron chi connectivity index (χ3n) is 4.75. The predicted octanol–water partition coefficient (Wildman–Crippen LogP) is 3.60. The third kappa shape index (κ3) is 4.73. The molecule has 27 heavy (non-hydrogen) atoms. The lowest BCUT2D eigenvalue weighted by atomic mass is 10.0. The molecule has 5 nitrogen and oxygen atoms in total. The van der Waals surface area contributed by atoms with Gasteiger partial charge in [-0.25, -0.2) is 17.6 Å². The van der Waals surface area contributed by atoms with E-state index in [1.807, 2.05) is 0 Å². The highest BCUT2D eigenvalue weighted by Crippen LogP contribution is 2.23. The van der Waals surface area contributed by atoms with Gasteiger partial charge >= 0.3 is 5.97 Å². The summed E-state index contributed by atoms with van der Waals surface area (Å²) in [6, 6.07) is 11.4. The number of ether oxygens (including phenoxy) is 1. The molecule has 0 spiro atoms. The molecule has 3 rings (SSSR count). The number of sulfonamides is 1. The van der Waals surface area contributed by atoms with Crippen molar-refractivity contribution in [2.45, 2.75) is 31.3 Å². The van der Waals surface area contributed by atoms with Crippen molar-refractivity contribution in [1.82, 2.24) is 4.31 Å². The Balaban J connectivity index is 1.63. The number of hydrogen-bond acceptors (Lipinski definition) is 4. The van der Waals surface area contributed by atoms with Crippen LogP contribution in [0.4, 0.5) is 4.39 Å². The number of carbonyl (C=O) groups is 1. The fraction of sp³-hybridized carbons (Fsp3) is 0.350. The standard InChI is InChI=1S/C20H22FNO4S/c1-15-10-12-22(13-11-15)27(24,25)19-8-4-17(5-9-19)20(23)26-14-16-2-6-18(21)7-3-16/h2-9,15H,10-14H2,1H3. The molecule has 2 aromatic rings. The molecule has 0 aromatic heterocycles. The zero-order valence-electron chi connectivity index (χ0n) is 15.1. The van der Waals surface area contributed by atoms with E-state index in [0.717, 1.165) is 12.8 Å². The first-order chi connectivity index (χ1) is 12.9. The molecule has 0 amide bonds. The third-order valence-corrected chi connectivity index (χ3v) is 6.67. The first-order valence-electron chi connectivity index (χ1n) is 8.88. The Hall–Kier alpha value is -2.25. The van der Waals surface area contributed by atoms with Gasteiger partial charge in [0.05, 0.1) is 10.5 Å². The first-order valence-corrected chi connectivity index (χ1v) is 10.3. The second-order valence-electron chi connectivity index (χ2n) is 6.81. The van der Waals surface area contributed by atoms with Crippen molar-refractivity contribution in [2.24, 2.45) is 5.92 Å². The molecule has 1 saturated heterocycles. The van der Waals surface area contributed by atoms with Gasteiger partial charge in [-0.05, 0) is 60.7 Å². The lowest BCUT2D eigenvalue weighted by molar-refractivity contribution is 0.0472. The smallest absolute Gasteiger partial charge is 0.338 e. The lowest BCUT2D eigenvalue weighted by Crippen LogP contribution is -2.37. The molecule has 1 aliphatic rings. The molecule has 1 aliphatic heterocycles. The minimum Gasteiger partial charge on any atom is -0.457 e. The Labute approximate surface area is 158 Å². The fourth-order valence-corrected chi connectivity index (χ4v) is 4.42. The molecule has 2 aromatic carbocycles. The Bertz CT molecular complexity index is 887. The number of halogens is 1. The van der Waals surface area contributed by atoms with E-state index in [0.29, 0.717) is 24.6 Å². The van der Waals surface area contributed by atoms with Crippen molar-refractivity contribution in [2.75, 3.05) is 13.1 Å². The predicted molar refractivity (Wildman–Crippen MR) is 99.1 cm³/mol. The molecule has 0 saturated carbocycles. The van der Waals surface area contributed by atoms with E-state index in [2.05, 4.69) is 6.92 Å². The quantitative estimate of drug-likeness (QED) is 0.731. The van der Waals surface area contributed by atoms with Crippen LogP contribution in [0.15, 0.2) is 53.4 Å². The maximum Gasteiger partial charge on any atom is 0.338 e. The molecule has 7 heteroatoms. The highest BCUT2D eigenvalue weighted by Gasteiger charge is 2.28. The maximum atomic E-state index is 12.9. The summed E-state index contributed by atoms with van der Waals surface area (Å²) in [5.41, 5.74) is 0.937. The van der Waals surface area contributed by atoms with Crippen LogP contribution in [0.3, 0.4) is 0 Å². The fourth-order valence-electron chi connectivity index (χ4n) is 2.95. The van der Waals surface area contributed by atoms with Crippen LogP contribution < -0.4 is 0 Å². The van der Waals surface area contributed by atoms with Crippen molar-refractivity contribution in [1.29, 1.82) is 0 Å². The summed E-state index contributed by atoms with van der Waals surface area (Å²) in [5.74, 6) is -0.380. The van der Waals surface area contributed by atoms with Crippen LogP contribution in [0.2, 0.25) is 0 Å². The summed E-state index contributed by atoms with van der Waals surface area (Å²) in [6.07, 6.45) is 1.71. The number of rotatable bonds is 5. The zero-order chi connectivity index (χ0) is 19.4. The van der Waals surface area contributed by atoms with Crippen molar-refractivity contribution in [3.05, 3.63) is 65.5 Å². The van der Waals surface area contributed by atoms with Gasteiger partial charge in [-0.2, -0.15) is 4.31 Å². The van der Waals surface area contributed by atoms with Crippen LogP contribution in [0, 0.1) is 11.7 Å². The number of esters is 1. The molecular weight excluding hydrogens is 369 g/mol. The molecule has 144 valence electrons. The van der Waals surface area contributed by atoms with Gasteiger partial charge in [-0.3, -0.25) is 0 Å². The second kappa shape index (κ2) is 8.19. The van der Waals surface area contributed by atoms with Crippen LogP contribution >= 0.6 is 0 Å². The number of piperidine rings is 1. The highest BCUT2D eigenvalue weighted by molar-refractivity contribution is 7.89. The molecule has 1 fully saturated rings. The van der Waals surface area contributed by atoms with E-state index < -0.39 is 16.0 Å². The van der Waals surface area contributed by atoms with Gasteiger partial charge in [0, 0.05) is 13.1 Å². The van der Waals surface area contributed by atoms with Crippen molar-refractivity contribution >= 4 is 16.0 Å². The second-order valence-corrected chi connectivity index (χ2v) is 8.75. The van der Waals surface area contributed by atoms with Crippen molar-refractivity contribution < 1.29 is 22.3 Å². The van der Waals surface area contributed by atoms with Crippen LogP contribution in [0.1, 0.15) is 35.7 Å². The van der Waals surface area contributed by atoms with Crippen LogP contribution in [0.5, 0.6) is 0 Å². The van der Waals surface area contributed by atoms with Gasteiger partial charge in [0.2, 0.25) is 10.0 Å². The van der Waals surface area contributed by atoms with Crippen molar-refractivity contribution in [3.8, 4) is 0 Å². The summed E-state index contributed by atoms with van der Waals surface area (Å²) in [5, 5.41) is 0. The average molecular weight is 391 g/mol. The van der Waals surface area contributed by atoms with E-state index in [9.17, 15) is 17.6 Å². The van der Waals surface area contributed by atoms with Gasteiger partial charge in [0.15, 0.2) is 0 Å². The van der Waals surface area contributed by atoms with Crippen LogP contribution in [0.25, 0.3) is 0 Å². The maximum absolute atomic E-state index is 12.9. The van der Waals surface area contributed by atoms with Crippen LogP contribution in [-0.2, 0) is 21.4 Å². The van der Waals surface area contributed by atoms with Gasteiger partial charge in [0.1, 0.15) is 12.4 Å². The minimum absolute atomic E-state index is 0.0190. The van der Waals surface area contributed by atoms with E-state index in [-0.39, 0.29) is 22.9 Å². The number of benzene rings is 2. The summed E-state index contributed by atoms with van der Waals surface area (Å²) in [4.78, 5) is 12.3. The summed E-state index contributed by atoms with van der Waals surface area (Å²) >= 11 is 0. The van der Waals surface area contributed by atoms with Gasteiger partial charge in [-0.15, -0.1) is 0 Å². The Morgan fingerprint density at radius 1 is 1.07 bits per heavy atom. The van der Waals surface area contributed by atoms with E-state index in [1.165, 1.54) is 52.8 Å². The number of nitrogens with zero attached hydrogens (tertiary/aromatic N) is 1. The number of carbonyl (C=O) groups excluding carboxylic acids is 1. The van der Waals surface area contributed by atoms with Gasteiger partial charge in [0.25, 0.3) is 0 Å². The summed E-state index contributed by atoms with van der Waals surface area (Å²) < 4.78 is 44.9. The molecule has 0 atom stereocenters. The minimum atomic E-state index is -3.54. The monoisotopic (exact) mass is 391 g/mol. The number of hydrogen-bond donors (Lipinski definition) is 0. The topological polar surface area (TPSA) is 63.7 Å². The highest BCUT2D eigenvalue weighted by atomic mass is 32.2. The molecular formula is C20H22FNO4S. The normalized spacial score (nSPS) is 16.2. The zero-order valence-corrected chi connectivity index (χ0v) is 15.9. The van der Waals surface area contributed by atoms with E-state index in [4.69, 9.17) is 4.74 Å². The summed E-state index contributed by atoms with van der Waals surface area (Å²) in [6.45, 7) is 3.18. The largest absolute Gasteiger partial charge is 0.457 e. The molecule has 0 bridgehead atoms. The molecule has 0 N–H and O–H groups in total. The SMILES string of the molecule is CC1CCN(S(=O)(=O)c2ccc(C(=O)OCc3ccc(F)cc3)cc2)CC1. The Morgan fingerprint density at radius 3 is 2.26 bits per heavy atom. The lowest BCUT2D eigenvalue weighted by Gasteiger charge is -2.29. The summed E-state index contributed by atoms with van der Waals surface area (Å²) in [7, 11) is -3.54. The average Bonchev–Trinajstić information content (AvgIpc) is 2.68. The van der Waals surface area contributed by atoms with E-state index in [1.54, 1.807) is 0 Å². The Morgan fingerprint density at radius 2 is 1.67 bits per heavy atom.